The zero-order chi connectivity index (χ0) is 18.4. The number of hydrogen-bond donors (Lipinski definition) is 1. The first-order chi connectivity index (χ1) is 13.2. The van der Waals surface area contributed by atoms with E-state index in [1.54, 1.807) is 12.1 Å². The first kappa shape index (κ1) is 15.9. The number of aromatic hydroxyl groups is 1. The number of furan rings is 1. The largest absolute Gasteiger partial charge is 0.507 e. The number of fused-ring (bicyclic) bond motifs is 3. The van der Waals surface area contributed by atoms with Gasteiger partial charge in [0.1, 0.15) is 16.8 Å². The predicted molar refractivity (Wildman–Crippen MR) is 109 cm³/mol. The number of rotatable bonds is 2. The third-order valence-corrected chi connectivity index (χ3v) is 5.00. The van der Waals surface area contributed by atoms with Gasteiger partial charge in [0.25, 0.3) is 0 Å². The summed E-state index contributed by atoms with van der Waals surface area (Å²) in [5.41, 5.74) is 5.20. The second-order valence-electron chi connectivity index (χ2n) is 6.33. The molecule has 0 atom stereocenters. The number of aromatic nitrogens is 1. The van der Waals surface area contributed by atoms with Gasteiger partial charge in [0, 0.05) is 27.1 Å². The van der Waals surface area contributed by atoms with Crippen LogP contribution in [0.15, 0.2) is 83.3 Å². The summed E-state index contributed by atoms with van der Waals surface area (Å²) in [5.74, 6) is 0.190. The first-order valence-corrected chi connectivity index (χ1v) is 8.96. The van der Waals surface area contributed by atoms with Gasteiger partial charge in [-0.3, -0.25) is 0 Å². The molecule has 0 amide bonds. The van der Waals surface area contributed by atoms with Crippen molar-refractivity contribution < 1.29 is 9.52 Å². The molecule has 2 heterocycles. The molecule has 0 radical (unpaired) electrons. The Morgan fingerprint density at radius 1 is 0.778 bits per heavy atom. The highest BCUT2D eigenvalue weighted by Crippen LogP contribution is 2.40. The number of phenols is 1. The van der Waals surface area contributed by atoms with Gasteiger partial charge in [-0.2, -0.15) is 0 Å². The number of halogens is 1. The van der Waals surface area contributed by atoms with Gasteiger partial charge >= 0.3 is 0 Å². The number of pyridine rings is 1. The summed E-state index contributed by atoms with van der Waals surface area (Å²) < 4.78 is 6.11. The summed E-state index contributed by atoms with van der Waals surface area (Å²) >= 11 is 6.42. The van der Waals surface area contributed by atoms with Crippen molar-refractivity contribution in [3.8, 4) is 28.1 Å². The Bertz CT molecular complexity index is 1310. The smallest absolute Gasteiger partial charge is 0.161 e. The van der Waals surface area contributed by atoms with Gasteiger partial charge in [-0.05, 0) is 30.3 Å². The molecule has 5 aromatic rings. The standard InChI is InChI=1S/C23H14ClNO2/c24-18-10-4-1-8-15(18)19-13-17(14-7-2-5-11-20(14)26)23-22(25-19)16-9-3-6-12-21(16)27-23/h1-13,26H. The van der Waals surface area contributed by atoms with Crippen molar-refractivity contribution in [2.75, 3.05) is 0 Å². The predicted octanol–water partition coefficient (Wildman–Crippen LogP) is 6.67. The summed E-state index contributed by atoms with van der Waals surface area (Å²) in [6.07, 6.45) is 0. The van der Waals surface area contributed by atoms with Crippen LogP contribution in [0.25, 0.3) is 44.5 Å². The average molecular weight is 372 g/mol. The number of nitrogens with zero attached hydrogens (tertiary/aromatic N) is 1. The Morgan fingerprint density at radius 3 is 2.30 bits per heavy atom. The van der Waals surface area contributed by atoms with E-state index in [2.05, 4.69) is 0 Å². The highest BCUT2D eigenvalue weighted by Gasteiger charge is 2.18. The normalized spacial score (nSPS) is 11.3. The fraction of sp³-hybridized carbons (Fsp3) is 0. The molecule has 1 N–H and O–H groups in total. The summed E-state index contributed by atoms with van der Waals surface area (Å²) in [5, 5.41) is 12.0. The van der Waals surface area contributed by atoms with Crippen LogP contribution in [0.4, 0.5) is 0 Å². The van der Waals surface area contributed by atoms with E-state index in [0.29, 0.717) is 16.2 Å². The molecule has 5 rings (SSSR count). The molecular weight excluding hydrogens is 358 g/mol. The van der Waals surface area contributed by atoms with Crippen molar-refractivity contribution in [2.24, 2.45) is 0 Å². The van der Waals surface area contributed by atoms with E-state index < -0.39 is 0 Å². The summed E-state index contributed by atoms with van der Waals surface area (Å²) in [6.45, 7) is 0. The van der Waals surface area contributed by atoms with Crippen LogP contribution < -0.4 is 0 Å². The molecule has 2 aromatic heterocycles. The van der Waals surface area contributed by atoms with Crippen molar-refractivity contribution in [3.63, 3.8) is 0 Å². The molecule has 4 heteroatoms. The van der Waals surface area contributed by atoms with Crippen LogP contribution in [0.5, 0.6) is 5.75 Å². The molecule has 0 aliphatic carbocycles. The molecule has 0 aliphatic rings. The number of benzene rings is 3. The van der Waals surface area contributed by atoms with E-state index in [9.17, 15) is 5.11 Å². The lowest BCUT2D eigenvalue weighted by Crippen LogP contribution is -1.89. The molecular formula is C23H14ClNO2. The van der Waals surface area contributed by atoms with E-state index >= 15 is 0 Å². The number of phenolic OH excluding ortho intramolecular Hbond substituents is 1. The molecule has 0 spiro atoms. The van der Waals surface area contributed by atoms with Crippen LogP contribution in [0, 0.1) is 0 Å². The minimum atomic E-state index is 0.190. The van der Waals surface area contributed by atoms with Crippen molar-refractivity contribution in [3.05, 3.63) is 83.9 Å². The van der Waals surface area contributed by atoms with Gasteiger partial charge in [0.15, 0.2) is 5.58 Å². The van der Waals surface area contributed by atoms with Crippen molar-refractivity contribution in [2.45, 2.75) is 0 Å². The summed E-state index contributed by atoms with van der Waals surface area (Å²) in [7, 11) is 0. The molecule has 27 heavy (non-hydrogen) atoms. The molecule has 0 aliphatic heterocycles. The monoisotopic (exact) mass is 371 g/mol. The highest BCUT2D eigenvalue weighted by molar-refractivity contribution is 6.33. The summed E-state index contributed by atoms with van der Waals surface area (Å²) in [4.78, 5) is 4.85. The topological polar surface area (TPSA) is 46.3 Å². The maximum absolute atomic E-state index is 10.4. The van der Waals surface area contributed by atoms with Gasteiger partial charge in [-0.25, -0.2) is 4.98 Å². The Balaban J connectivity index is 1.92. The van der Waals surface area contributed by atoms with Crippen molar-refractivity contribution in [1.82, 2.24) is 4.98 Å². The number of hydrogen-bond acceptors (Lipinski definition) is 3. The van der Waals surface area contributed by atoms with Crippen molar-refractivity contribution in [1.29, 1.82) is 0 Å². The lowest BCUT2D eigenvalue weighted by molar-refractivity contribution is 0.477. The minimum Gasteiger partial charge on any atom is -0.507 e. The first-order valence-electron chi connectivity index (χ1n) is 8.58. The van der Waals surface area contributed by atoms with Gasteiger partial charge in [-0.1, -0.05) is 60.1 Å². The van der Waals surface area contributed by atoms with Crippen LogP contribution in [-0.2, 0) is 0 Å². The fourth-order valence-electron chi connectivity index (χ4n) is 3.39. The second kappa shape index (κ2) is 6.15. The minimum absolute atomic E-state index is 0.190. The molecule has 3 nitrogen and oxygen atoms in total. The zero-order valence-corrected chi connectivity index (χ0v) is 14.9. The molecule has 130 valence electrons. The van der Waals surface area contributed by atoms with Crippen LogP contribution >= 0.6 is 11.6 Å². The van der Waals surface area contributed by atoms with E-state index in [-0.39, 0.29) is 5.75 Å². The lowest BCUT2D eigenvalue weighted by atomic mass is 10.0. The van der Waals surface area contributed by atoms with Gasteiger partial charge in [0.05, 0.1) is 5.69 Å². The van der Waals surface area contributed by atoms with Crippen molar-refractivity contribution >= 4 is 33.7 Å². The Kier molecular flexibility index (Phi) is 3.62. The van der Waals surface area contributed by atoms with Gasteiger partial charge in [0.2, 0.25) is 0 Å². The molecule has 0 fully saturated rings. The molecule has 0 saturated carbocycles. The third-order valence-electron chi connectivity index (χ3n) is 4.67. The van der Waals surface area contributed by atoms with E-state index in [0.717, 1.165) is 33.3 Å². The maximum atomic E-state index is 10.4. The Labute approximate surface area is 160 Å². The second-order valence-corrected chi connectivity index (χ2v) is 6.74. The maximum Gasteiger partial charge on any atom is 0.161 e. The average Bonchev–Trinajstić information content (AvgIpc) is 3.07. The molecule has 0 bridgehead atoms. The summed E-state index contributed by atoms with van der Waals surface area (Å²) in [6, 6.07) is 24.5. The van der Waals surface area contributed by atoms with E-state index in [4.69, 9.17) is 21.0 Å². The Morgan fingerprint density at radius 2 is 1.48 bits per heavy atom. The van der Waals surface area contributed by atoms with Crippen LogP contribution in [0.3, 0.4) is 0 Å². The Hall–Kier alpha value is -3.30. The van der Waals surface area contributed by atoms with Gasteiger partial charge in [-0.15, -0.1) is 0 Å². The SMILES string of the molecule is Oc1ccccc1-c1cc(-c2ccccc2Cl)nc2c1oc1ccccc12. The third kappa shape index (κ3) is 2.56. The van der Waals surface area contributed by atoms with E-state index in [1.165, 1.54) is 0 Å². The van der Waals surface area contributed by atoms with E-state index in [1.807, 2.05) is 66.7 Å². The molecule has 3 aromatic carbocycles. The van der Waals surface area contributed by atoms with Crippen LogP contribution in [-0.4, -0.2) is 10.1 Å². The zero-order valence-electron chi connectivity index (χ0n) is 14.2. The molecule has 0 unspecified atom stereocenters. The van der Waals surface area contributed by atoms with Crippen LogP contribution in [0.1, 0.15) is 0 Å². The molecule has 0 saturated heterocycles. The highest BCUT2D eigenvalue weighted by atomic mass is 35.5. The number of para-hydroxylation sites is 2. The van der Waals surface area contributed by atoms with Gasteiger partial charge < -0.3 is 9.52 Å². The lowest BCUT2D eigenvalue weighted by Gasteiger charge is -2.09. The fourth-order valence-corrected chi connectivity index (χ4v) is 3.62. The van der Waals surface area contributed by atoms with Crippen LogP contribution in [0.2, 0.25) is 5.02 Å². The quantitative estimate of drug-likeness (QED) is 0.376.